The summed E-state index contributed by atoms with van der Waals surface area (Å²) in [7, 11) is 1.73. The molecule has 2 heterocycles. The lowest BCUT2D eigenvalue weighted by Gasteiger charge is -2.19. The van der Waals surface area contributed by atoms with E-state index in [1.165, 1.54) is 6.07 Å². The van der Waals surface area contributed by atoms with Gasteiger partial charge in [-0.05, 0) is 19.1 Å². The number of carboxylic acid groups (broad SMARTS) is 1. The van der Waals surface area contributed by atoms with E-state index in [1.54, 1.807) is 40.7 Å². The van der Waals surface area contributed by atoms with Crippen LogP contribution in [0.2, 0.25) is 10.0 Å². The molecule has 0 saturated carbocycles. The number of carboxylic acids is 1. The van der Waals surface area contributed by atoms with E-state index < -0.39 is 11.4 Å². The predicted molar refractivity (Wildman–Crippen MR) is 102 cm³/mol. The Labute approximate surface area is 164 Å². The van der Waals surface area contributed by atoms with Gasteiger partial charge in [-0.2, -0.15) is 0 Å². The summed E-state index contributed by atoms with van der Waals surface area (Å²) in [6.07, 6.45) is 1.69. The highest BCUT2D eigenvalue weighted by Gasteiger charge is 2.23. The van der Waals surface area contributed by atoms with Gasteiger partial charge in [0.15, 0.2) is 0 Å². The number of hydrogen-bond acceptors (Lipinski definition) is 4. The van der Waals surface area contributed by atoms with Crippen molar-refractivity contribution in [1.82, 2.24) is 14.3 Å². The van der Waals surface area contributed by atoms with Gasteiger partial charge >= 0.3 is 5.97 Å². The van der Waals surface area contributed by atoms with Gasteiger partial charge in [-0.3, -0.25) is 9.48 Å². The molecule has 0 amide bonds. The molecule has 0 saturated heterocycles. The number of pyridine rings is 1. The Kier molecular flexibility index (Phi) is 5.25. The molecule has 0 atom stereocenters. The van der Waals surface area contributed by atoms with Crippen molar-refractivity contribution in [2.45, 2.75) is 13.5 Å². The minimum Gasteiger partial charge on any atom is -0.477 e. The standard InChI is InChI=1S/C18H15Cl2N3O4/c1-3-23-15(27-14-6-7-22(2)21-14)9-13(24)16(18(25)26)17(23)10-4-5-11(19)12(20)8-10/h4-9H,3H2,1-2H3,(H,25,26). The number of benzene rings is 1. The van der Waals surface area contributed by atoms with Gasteiger partial charge in [0, 0.05) is 37.5 Å². The van der Waals surface area contributed by atoms with Crippen LogP contribution in [0.3, 0.4) is 0 Å². The lowest BCUT2D eigenvalue weighted by molar-refractivity contribution is 0.0695. The number of aromatic carboxylic acids is 1. The third-order valence-electron chi connectivity index (χ3n) is 3.90. The molecular formula is C18H15Cl2N3O4. The fourth-order valence-corrected chi connectivity index (χ4v) is 3.03. The smallest absolute Gasteiger partial charge is 0.341 e. The zero-order chi connectivity index (χ0) is 19.7. The van der Waals surface area contributed by atoms with Crippen molar-refractivity contribution < 1.29 is 14.6 Å². The molecule has 0 aliphatic rings. The number of hydrogen-bond donors (Lipinski definition) is 1. The molecule has 1 N–H and O–H groups in total. The number of rotatable bonds is 5. The van der Waals surface area contributed by atoms with Gasteiger partial charge in [0.25, 0.3) is 0 Å². The number of halogens is 2. The molecule has 7 nitrogen and oxygen atoms in total. The Morgan fingerprint density at radius 2 is 1.96 bits per heavy atom. The molecule has 27 heavy (non-hydrogen) atoms. The maximum Gasteiger partial charge on any atom is 0.341 e. The van der Waals surface area contributed by atoms with Crippen molar-refractivity contribution in [3.05, 3.63) is 62.4 Å². The second-order valence-electron chi connectivity index (χ2n) is 5.68. The van der Waals surface area contributed by atoms with Gasteiger partial charge in [0.2, 0.25) is 17.2 Å². The Morgan fingerprint density at radius 3 is 2.52 bits per heavy atom. The molecule has 0 fully saturated rings. The minimum atomic E-state index is -1.34. The number of ether oxygens (including phenoxy) is 1. The molecule has 0 radical (unpaired) electrons. The highest BCUT2D eigenvalue weighted by molar-refractivity contribution is 6.42. The minimum absolute atomic E-state index is 0.173. The van der Waals surface area contributed by atoms with E-state index >= 15 is 0 Å². The van der Waals surface area contributed by atoms with E-state index in [2.05, 4.69) is 5.10 Å². The molecule has 0 aliphatic carbocycles. The van der Waals surface area contributed by atoms with Crippen molar-refractivity contribution in [2.24, 2.45) is 7.05 Å². The van der Waals surface area contributed by atoms with E-state index in [1.807, 2.05) is 6.92 Å². The van der Waals surface area contributed by atoms with E-state index in [0.717, 1.165) is 6.07 Å². The molecule has 9 heteroatoms. The van der Waals surface area contributed by atoms with Crippen molar-refractivity contribution in [3.8, 4) is 23.0 Å². The van der Waals surface area contributed by atoms with E-state index in [4.69, 9.17) is 27.9 Å². The first-order chi connectivity index (χ1) is 12.8. The van der Waals surface area contributed by atoms with Crippen LogP contribution >= 0.6 is 23.2 Å². The average Bonchev–Trinajstić information content (AvgIpc) is 3.01. The highest BCUT2D eigenvalue weighted by atomic mass is 35.5. The molecular weight excluding hydrogens is 393 g/mol. The van der Waals surface area contributed by atoms with Crippen molar-refractivity contribution in [2.75, 3.05) is 0 Å². The van der Waals surface area contributed by atoms with Crippen LogP contribution in [0.4, 0.5) is 0 Å². The van der Waals surface area contributed by atoms with Gasteiger partial charge in [0.05, 0.1) is 15.7 Å². The van der Waals surface area contributed by atoms with Gasteiger partial charge in [-0.15, -0.1) is 5.10 Å². The fourth-order valence-electron chi connectivity index (χ4n) is 2.73. The monoisotopic (exact) mass is 407 g/mol. The van der Waals surface area contributed by atoms with Crippen LogP contribution in [0.25, 0.3) is 11.3 Å². The third kappa shape index (κ3) is 3.70. The Morgan fingerprint density at radius 1 is 1.22 bits per heavy atom. The first-order valence-electron chi connectivity index (χ1n) is 7.96. The lowest BCUT2D eigenvalue weighted by Crippen LogP contribution is -2.21. The summed E-state index contributed by atoms with van der Waals surface area (Å²) in [5.74, 6) is -0.887. The molecule has 0 aliphatic heterocycles. The summed E-state index contributed by atoms with van der Waals surface area (Å²) in [6, 6.07) is 7.44. The number of aryl methyl sites for hydroxylation is 1. The van der Waals surface area contributed by atoms with Gasteiger partial charge in [-0.25, -0.2) is 4.79 Å². The lowest BCUT2D eigenvalue weighted by atomic mass is 10.0. The van der Waals surface area contributed by atoms with Gasteiger partial charge in [0.1, 0.15) is 5.56 Å². The second kappa shape index (κ2) is 7.46. The molecule has 3 rings (SSSR count). The van der Waals surface area contributed by atoms with Crippen molar-refractivity contribution in [3.63, 3.8) is 0 Å². The summed E-state index contributed by atoms with van der Waals surface area (Å²) in [4.78, 5) is 24.3. The normalized spacial score (nSPS) is 10.8. The summed E-state index contributed by atoms with van der Waals surface area (Å²) in [6.45, 7) is 2.15. The largest absolute Gasteiger partial charge is 0.477 e. The zero-order valence-electron chi connectivity index (χ0n) is 14.4. The third-order valence-corrected chi connectivity index (χ3v) is 4.63. The van der Waals surface area contributed by atoms with Crippen LogP contribution in [0.5, 0.6) is 11.8 Å². The first kappa shape index (κ1) is 19.0. The molecule has 2 aromatic heterocycles. The molecule has 0 bridgehead atoms. The number of aromatic nitrogens is 3. The van der Waals surface area contributed by atoms with Crippen LogP contribution in [-0.2, 0) is 13.6 Å². The fraction of sp³-hybridized carbons (Fsp3) is 0.167. The summed E-state index contributed by atoms with van der Waals surface area (Å²) >= 11 is 12.1. The van der Waals surface area contributed by atoms with Crippen LogP contribution < -0.4 is 10.2 Å². The molecule has 140 valence electrons. The summed E-state index contributed by atoms with van der Waals surface area (Å²) < 4.78 is 8.87. The maximum atomic E-state index is 12.5. The average molecular weight is 408 g/mol. The SMILES string of the molecule is CCn1c(Oc2ccn(C)n2)cc(=O)c(C(=O)O)c1-c1ccc(Cl)c(Cl)c1. The van der Waals surface area contributed by atoms with Gasteiger partial charge in [-0.1, -0.05) is 29.3 Å². The quantitative estimate of drug-likeness (QED) is 0.688. The Hall–Kier alpha value is -2.77. The van der Waals surface area contributed by atoms with Crippen LogP contribution in [-0.4, -0.2) is 25.4 Å². The summed E-state index contributed by atoms with van der Waals surface area (Å²) in [5, 5.41) is 14.3. The van der Waals surface area contributed by atoms with E-state index in [9.17, 15) is 14.7 Å². The van der Waals surface area contributed by atoms with Crippen LogP contribution in [0, 0.1) is 0 Å². The molecule has 3 aromatic rings. The molecule has 0 spiro atoms. The van der Waals surface area contributed by atoms with Crippen LogP contribution in [0.1, 0.15) is 17.3 Å². The molecule has 1 aromatic carbocycles. The van der Waals surface area contributed by atoms with E-state index in [0.29, 0.717) is 17.1 Å². The number of carbonyl (C=O) groups is 1. The predicted octanol–water partition coefficient (Wildman–Crippen LogP) is 4.07. The van der Waals surface area contributed by atoms with E-state index in [-0.39, 0.29) is 28.0 Å². The Balaban J connectivity index is 2.29. The van der Waals surface area contributed by atoms with Gasteiger partial charge < -0.3 is 14.4 Å². The van der Waals surface area contributed by atoms with Crippen LogP contribution in [0.15, 0.2) is 41.3 Å². The topological polar surface area (TPSA) is 86.4 Å². The number of nitrogens with zero attached hydrogens (tertiary/aromatic N) is 3. The summed E-state index contributed by atoms with van der Waals surface area (Å²) in [5.41, 5.74) is -0.433. The van der Waals surface area contributed by atoms with Crippen molar-refractivity contribution >= 4 is 29.2 Å². The molecule has 0 unspecified atom stereocenters. The van der Waals surface area contributed by atoms with Crippen molar-refractivity contribution in [1.29, 1.82) is 0 Å². The zero-order valence-corrected chi connectivity index (χ0v) is 16.0. The first-order valence-corrected chi connectivity index (χ1v) is 8.71. The highest BCUT2D eigenvalue weighted by Crippen LogP contribution is 2.32. The Bertz CT molecular complexity index is 1090. The maximum absolute atomic E-state index is 12.5. The second-order valence-corrected chi connectivity index (χ2v) is 6.49.